The zero-order chi connectivity index (χ0) is 13.8. The van der Waals surface area contributed by atoms with E-state index in [4.69, 9.17) is 0 Å². The second-order valence-corrected chi connectivity index (χ2v) is 4.92. The number of carbonyl (C=O) groups is 1. The molecule has 0 radical (unpaired) electrons. The van der Waals surface area contributed by atoms with E-state index in [1.54, 1.807) is 6.92 Å². The third kappa shape index (κ3) is 4.52. The minimum atomic E-state index is -4.49. The lowest BCUT2D eigenvalue weighted by atomic mass is 10.3. The minimum Gasteiger partial charge on any atom is -0.469 e. The first-order valence-corrected chi connectivity index (χ1v) is 5.85. The normalized spacial score (nSPS) is 13.2. The van der Waals surface area contributed by atoms with Crippen LogP contribution < -0.4 is 0 Å². The number of rotatable bonds is 4. The Morgan fingerprint density at radius 3 is 2.56 bits per heavy atom. The van der Waals surface area contributed by atoms with Crippen molar-refractivity contribution in [1.82, 2.24) is 10.2 Å². The topological polar surface area (TPSA) is 52.1 Å². The third-order valence-electron chi connectivity index (χ3n) is 1.93. The van der Waals surface area contributed by atoms with Gasteiger partial charge in [0.25, 0.3) is 0 Å². The van der Waals surface area contributed by atoms with Gasteiger partial charge in [-0.3, -0.25) is 4.79 Å². The molecule has 0 saturated heterocycles. The Hall–Kier alpha value is -1.31. The van der Waals surface area contributed by atoms with Crippen molar-refractivity contribution in [2.45, 2.75) is 29.8 Å². The van der Waals surface area contributed by atoms with E-state index in [0.717, 1.165) is 17.8 Å². The number of halogens is 3. The van der Waals surface area contributed by atoms with Gasteiger partial charge in [0.05, 0.1) is 13.5 Å². The van der Waals surface area contributed by atoms with Crippen LogP contribution in [0.5, 0.6) is 0 Å². The van der Waals surface area contributed by atoms with Crippen LogP contribution >= 0.6 is 11.8 Å². The molecule has 1 rings (SSSR count). The zero-order valence-corrected chi connectivity index (χ0v) is 10.5. The number of hydrogen-bond acceptors (Lipinski definition) is 5. The van der Waals surface area contributed by atoms with Crippen LogP contribution in [0, 0.1) is 0 Å². The largest absolute Gasteiger partial charge is 0.469 e. The van der Waals surface area contributed by atoms with Crippen molar-refractivity contribution < 1.29 is 22.7 Å². The lowest BCUT2D eigenvalue weighted by Gasteiger charge is -2.09. The molecule has 4 nitrogen and oxygen atoms in total. The monoisotopic (exact) mass is 280 g/mol. The number of alkyl halides is 3. The number of methoxy groups -OCH3 is 1. The van der Waals surface area contributed by atoms with Crippen LogP contribution in [0.4, 0.5) is 13.2 Å². The molecule has 1 aromatic heterocycles. The van der Waals surface area contributed by atoms with Crippen molar-refractivity contribution in [3.05, 3.63) is 17.8 Å². The molecule has 1 aromatic rings. The summed E-state index contributed by atoms with van der Waals surface area (Å²) in [5, 5.41) is 6.73. The number of esters is 1. The predicted octanol–water partition coefficient (Wildman–Crippen LogP) is 2.54. The molecular weight excluding hydrogens is 269 g/mol. The van der Waals surface area contributed by atoms with Crippen molar-refractivity contribution in [2.24, 2.45) is 0 Å². The van der Waals surface area contributed by atoms with Crippen molar-refractivity contribution >= 4 is 17.7 Å². The first-order valence-electron chi connectivity index (χ1n) is 4.97. The second kappa shape index (κ2) is 6.03. The Balaban J connectivity index is 2.61. The predicted molar refractivity (Wildman–Crippen MR) is 59.0 cm³/mol. The van der Waals surface area contributed by atoms with Gasteiger partial charge in [-0.05, 0) is 12.1 Å². The molecule has 0 spiro atoms. The second-order valence-electron chi connectivity index (χ2n) is 3.46. The van der Waals surface area contributed by atoms with Crippen LogP contribution in [0.1, 0.15) is 19.0 Å². The summed E-state index contributed by atoms with van der Waals surface area (Å²) in [7, 11) is 1.28. The summed E-state index contributed by atoms with van der Waals surface area (Å²) >= 11 is 1.16. The number of hydrogen-bond donors (Lipinski definition) is 0. The van der Waals surface area contributed by atoms with Crippen LogP contribution in [0.15, 0.2) is 17.2 Å². The van der Waals surface area contributed by atoms with Crippen LogP contribution in [0.2, 0.25) is 0 Å². The van der Waals surface area contributed by atoms with E-state index in [2.05, 4.69) is 14.9 Å². The molecule has 0 aliphatic heterocycles. The fourth-order valence-electron chi connectivity index (χ4n) is 1.10. The van der Waals surface area contributed by atoms with Crippen LogP contribution in [0.25, 0.3) is 0 Å². The van der Waals surface area contributed by atoms with Crippen molar-refractivity contribution in [1.29, 1.82) is 0 Å². The van der Waals surface area contributed by atoms with E-state index >= 15 is 0 Å². The average Bonchev–Trinajstić information content (AvgIpc) is 2.28. The third-order valence-corrected chi connectivity index (χ3v) is 2.96. The molecule has 1 heterocycles. The van der Waals surface area contributed by atoms with E-state index in [1.165, 1.54) is 13.2 Å². The highest BCUT2D eigenvalue weighted by Crippen LogP contribution is 2.29. The Morgan fingerprint density at radius 1 is 1.44 bits per heavy atom. The smallest absolute Gasteiger partial charge is 0.435 e. The zero-order valence-electron chi connectivity index (χ0n) is 9.69. The molecule has 0 fully saturated rings. The molecule has 0 aliphatic carbocycles. The maximum absolute atomic E-state index is 12.2. The number of ether oxygens (including phenoxy) is 1. The van der Waals surface area contributed by atoms with Crippen LogP contribution in [0.3, 0.4) is 0 Å². The summed E-state index contributed by atoms with van der Waals surface area (Å²) in [6, 6.07) is 2.09. The number of aromatic nitrogens is 2. The summed E-state index contributed by atoms with van der Waals surface area (Å²) in [5.74, 6) is -0.380. The molecule has 0 bridgehead atoms. The Bertz CT molecular complexity index is 409. The molecule has 100 valence electrons. The molecule has 1 atom stereocenters. The Labute approximate surface area is 106 Å². The highest BCUT2D eigenvalue weighted by molar-refractivity contribution is 7.99. The Kier molecular flexibility index (Phi) is 4.94. The van der Waals surface area contributed by atoms with Gasteiger partial charge < -0.3 is 4.74 Å². The van der Waals surface area contributed by atoms with E-state index in [9.17, 15) is 18.0 Å². The van der Waals surface area contributed by atoms with Gasteiger partial charge in [-0.1, -0.05) is 6.92 Å². The van der Waals surface area contributed by atoms with Gasteiger partial charge in [0.15, 0.2) is 5.69 Å². The summed E-state index contributed by atoms with van der Waals surface area (Å²) in [6.07, 6.45) is -4.34. The fourth-order valence-corrected chi connectivity index (χ4v) is 1.97. The van der Waals surface area contributed by atoms with Crippen LogP contribution in [-0.4, -0.2) is 28.5 Å². The van der Waals surface area contributed by atoms with E-state index in [1.807, 2.05) is 0 Å². The first-order chi connectivity index (χ1) is 8.32. The molecule has 0 N–H and O–H groups in total. The highest BCUT2D eigenvalue weighted by atomic mass is 32.2. The molecule has 8 heteroatoms. The summed E-state index contributed by atoms with van der Waals surface area (Å²) < 4.78 is 41.2. The SMILES string of the molecule is COC(=O)CC(C)Sc1ccc(C(F)(F)F)nn1. The lowest BCUT2D eigenvalue weighted by Crippen LogP contribution is -2.10. The maximum Gasteiger partial charge on any atom is 0.435 e. The van der Waals surface area contributed by atoms with Crippen molar-refractivity contribution in [2.75, 3.05) is 7.11 Å². The fraction of sp³-hybridized carbons (Fsp3) is 0.500. The molecule has 0 aliphatic rings. The van der Waals surface area contributed by atoms with E-state index in [-0.39, 0.29) is 17.6 Å². The number of carbonyl (C=O) groups excluding carboxylic acids is 1. The quantitative estimate of drug-likeness (QED) is 0.626. The number of nitrogens with zero attached hydrogens (tertiary/aromatic N) is 2. The molecule has 0 aromatic carbocycles. The van der Waals surface area contributed by atoms with Crippen molar-refractivity contribution in [3.8, 4) is 0 Å². The minimum absolute atomic E-state index is 0.150. The van der Waals surface area contributed by atoms with Gasteiger partial charge in [0.2, 0.25) is 0 Å². The van der Waals surface area contributed by atoms with E-state index < -0.39 is 11.9 Å². The van der Waals surface area contributed by atoms with E-state index in [0.29, 0.717) is 5.03 Å². The average molecular weight is 280 g/mol. The molecule has 1 unspecified atom stereocenters. The number of thioether (sulfide) groups is 1. The van der Waals surface area contributed by atoms with Gasteiger partial charge in [0.1, 0.15) is 5.03 Å². The van der Waals surface area contributed by atoms with Crippen molar-refractivity contribution in [3.63, 3.8) is 0 Å². The molecule has 0 amide bonds. The standard InChI is InChI=1S/C10H11F3N2O2S/c1-6(5-9(16)17-2)18-8-4-3-7(14-15-8)10(11,12)13/h3-4,6H,5H2,1-2H3. The summed E-state index contributed by atoms with van der Waals surface area (Å²) in [4.78, 5) is 11.0. The maximum atomic E-state index is 12.2. The Morgan fingerprint density at radius 2 is 2.11 bits per heavy atom. The van der Waals surface area contributed by atoms with Gasteiger partial charge in [-0.2, -0.15) is 13.2 Å². The molecule has 0 saturated carbocycles. The van der Waals surface area contributed by atoms with Crippen LogP contribution in [-0.2, 0) is 15.7 Å². The highest BCUT2D eigenvalue weighted by Gasteiger charge is 2.32. The summed E-state index contributed by atoms with van der Waals surface area (Å²) in [6.45, 7) is 1.75. The van der Waals surface area contributed by atoms with Gasteiger partial charge >= 0.3 is 12.1 Å². The summed E-state index contributed by atoms with van der Waals surface area (Å²) in [5.41, 5.74) is -1.03. The van der Waals surface area contributed by atoms with Gasteiger partial charge in [-0.15, -0.1) is 22.0 Å². The van der Waals surface area contributed by atoms with Gasteiger partial charge in [0, 0.05) is 5.25 Å². The first kappa shape index (κ1) is 14.7. The van der Waals surface area contributed by atoms with Gasteiger partial charge in [-0.25, -0.2) is 0 Å². The lowest BCUT2D eigenvalue weighted by molar-refractivity contribution is -0.142. The molecular formula is C10H11F3N2O2S. The molecule has 18 heavy (non-hydrogen) atoms.